The van der Waals surface area contributed by atoms with Crippen LogP contribution >= 0.6 is 0 Å². The molecule has 0 aliphatic heterocycles. The van der Waals surface area contributed by atoms with Crippen molar-refractivity contribution in [1.82, 2.24) is 10.2 Å². The minimum Gasteiger partial charge on any atom is -0.494 e. The second-order valence-electron chi connectivity index (χ2n) is 4.90. The minimum atomic E-state index is -0.461. The molecule has 6 nitrogen and oxygen atoms in total. The predicted octanol–water partition coefficient (Wildman–Crippen LogP) is 3.49. The van der Waals surface area contributed by atoms with Gasteiger partial charge in [-0.2, -0.15) is 0 Å². The van der Waals surface area contributed by atoms with Crippen molar-refractivity contribution in [2.24, 2.45) is 0 Å². The molecule has 2 aromatic carbocycles. The van der Waals surface area contributed by atoms with E-state index in [1.54, 1.807) is 24.3 Å². The van der Waals surface area contributed by atoms with Gasteiger partial charge >= 0.3 is 5.97 Å². The summed E-state index contributed by atoms with van der Waals surface area (Å²) in [5, 5.41) is 7.83. The average molecular weight is 324 g/mol. The van der Waals surface area contributed by atoms with Gasteiger partial charge in [-0.15, -0.1) is 10.2 Å². The first kappa shape index (κ1) is 15.7. The van der Waals surface area contributed by atoms with Gasteiger partial charge in [0.1, 0.15) is 5.75 Å². The van der Waals surface area contributed by atoms with Crippen LogP contribution in [0.3, 0.4) is 0 Å². The number of nitrogens with zero attached hydrogens (tertiary/aromatic N) is 2. The number of benzene rings is 2. The lowest BCUT2D eigenvalue weighted by Crippen LogP contribution is -2.05. The lowest BCUT2D eigenvalue weighted by atomic mass is 10.2. The third-order valence-electron chi connectivity index (χ3n) is 3.22. The molecule has 1 aromatic heterocycles. The summed E-state index contributed by atoms with van der Waals surface area (Å²) in [5.41, 5.74) is 1.25. The van der Waals surface area contributed by atoms with Crippen LogP contribution in [0.2, 0.25) is 0 Å². The monoisotopic (exact) mass is 324 g/mol. The molecule has 0 unspecified atom stereocenters. The van der Waals surface area contributed by atoms with Crippen LogP contribution < -0.4 is 4.74 Å². The predicted molar refractivity (Wildman–Crippen MR) is 86.5 cm³/mol. The topological polar surface area (TPSA) is 74.5 Å². The molecule has 1 heterocycles. The van der Waals surface area contributed by atoms with Crippen LogP contribution in [0.5, 0.6) is 5.75 Å². The Kier molecular flexibility index (Phi) is 4.86. The number of carbonyl (C=O) groups is 1. The average Bonchev–Trinajstić information content (AvgIpc) is 3.10. The standard InChI is InChI=1S/C18H16N2O4/c1-2-22-15-10-8-14(9-11-15)18(21)23-12-16-19-20-17(24-16)13-6-4-3-5-7-13/h3-11H,2,12H2,1H3. The van der Waals surface area contributed by atoms with Crippen LogP contribution in [0.1, 0.15) is 23.2 Å². The Balaban J connectivity index is 1.59. The fourth-order valence-corrected chi connectivity index (χ4v) is 2.07. The second-order valence-corrected chi connectivity index (χ2v) is 4.90. The molecule has 0 amide bonds. The van der Waals surface area contributed by atoms with Crippen molar-refractivity contribution in [3.63, 3.8) is 0 Å². The molecule has 0 radical (unpaired) electrons. The van der Waals surface area contributed by atoms with Crippen LogP contribution in [0.25, 0.3) is 11.5 Å². The first-order chi connectivity index (χ1) is 11.8. The van der Waals surface area contributed by atoms with Gasteiger partial charge in [-0.3, -0.25) is 0 Å². The summed E-state index contributed by atoms with van der Waals surface area (Å²) in [7, 11) is 0. The number of hydrogen-bond acceptors (Lipinski definition) is 6. The lowest BCUT2D eigenvalue weighted by molar-refractivity contribution is 0.0438. The minimum absolute atomic E-state index is 0.0775. The van der Waals surface area contributed by atoms with Gasteiger partial charge in [0, 0.05) is 5.56 Å². The van der Waals surface area contributed by atoms with E-state index < -0.39 is 5.97 Å². The highest BCUT2D eigenvalue weighted by molar-refractivity contribution is 5.89. The highest BCUT2D eigenvalue weighted by atomic mass is 16.5. The van der Waals surface area contributed by atoms with Crippen LogP contribution in [0, 0.1) is 0 Å². The van der Waals surface area contributed by atoms with Crippen molar-refractivity contribution in [2.75, 3.05) is 6.61 Å². The third kappa shape index (κ3) is 3.78. The summed E-state index contributed by atoms with van der Waals surface area (Å²) < 4.78 is 16.0. The molecule has 0 spiro atoms. The Hall–Kier alpha value is -3.15. The summed E-state index contributed by atoms with van der Waals surface area (Å²) in [4.78, 5) is 12.0. The van der Waals surface area contributed by atoms with Gasteiger partial charge in [0.25, 0.3) is 5.89 Å². The summed E-state index contributed by atoms with van der Waals surface area (Å²) in [6.07, 6.45) is 0. The maximum absolute atomic E-state index is 12.0. The zero-order valence-corrected chi connectivity index (χ0v) is 13.1. The molecule has 3 rings (SSSR count). The number of aromatic nitrogens is 2. The summed E-state index contributed by atoms with van der Waals surface area (Å²) in [6.45, 7) is 2.40. The Morgan fingerprint density at radius 3 is 2.50 bits per heavy atom. The maximum atomic E-state index is 12.0. The zero-order chi connectivity index (χ0) is 16.8. The van der Waals surface area contributed by atoms with Gasteiger partial charge in [-0.1, -0.05) is 18.2 Å². The molecule has 0 saturated carbocycles. The van der Waals surface area contributed by atoms with E-state index in [1.165, 1.54) is 0 Å². The Labute approximate surface area is 139 Å². The molecule has 0 saturated heterocycles. The molecule has 0 N–H and O–H groups in total. The number of carbonyl (C=O) groups excluding carboxylic acids is 1. The summed E-state index contributed by atoms with van der Waals surface area (Å²) >= 11 is 0. The van der Waals surface area contributed by atoms with Crippen LogP contribution in [-0.2, 0) is 11.3 Å². The highest BCUT2D eigenvalue weighted by Gasteiger charge is 2.12. The van der Waals surface area contributed by atoms with E-state index in [-0.39, 0.29) is 12.5 Å². The quantitative estimate of drug-likeness (QED) is 0.646. The fraction of sp³-hybridized carbons (Fsp3) is 0.167. The van der Waals surface area contributed by atoms with Crippen LogP contribution in [0.4, 0.5) is 0 Å². The molecule has 6 heteroatoms. The van der Waals surface area contributed by atoms with Gasteiger partial charge in [0.15, 0.2) is 6.61 Å². The van der Waals surface area contributed by atoms with Gasteiger partial charge in [0.05, 0.1) is 12.2 Å². The maximum Gasteiger partial charge on any atom is 0.338 e. The molecule has 3 aromatic rings. The molecule has 0 atom stereocenters. The largest absolute Gasteiger partial charge is 0.494 e. The van der Waals surface area contributed by atoms with Gasteiger partial charge in [-0.05, 0) is 43.3 Å². The van der Waals surface area contributed by atoms with Crippen molar-refractivity contribution >= 4 is 5.97 Å². The number of hydrogen-bond donors (Lipinski definition) is 0. The van der Waals surface area contributed by atoms with Crippen LogP contribution in [-0.4, -0.2) is 22.8 Å². The van der Waals surface area contributed by atoms with E-state index in [0.717, 1.165) is 5.56 Å². The van der Waals surface area contributed by atoms with Gasteiger partial charge in [-0.25, -0.2) is 4.79 Å². The molecule has 0 bridgehead atoms. The smallest absolute Gasteiger partial charge is 0.338 e. The van der Waals surface area contributed by atoms with Gasteiger partial charge in [0.2, 0.25) is 5.89 Å². The lowest BCUT2D eigenvalue weighted by Gasteiger charge is -2.04. The molecule has 0 fully saturated rings. The zero-order valence-electron chi connectivity index (χ0n) is 13.1. The first-order valence-electron chi connectivity index (χ1n) is 7.54. The molecule has 122 valence electrons. The van der Waals surface area contributed by atoms with E-state index in [0.29, 0.717) is 23.8 Å². The SMILES string of the molecule is CCOc1ccc(C(=O)OCc2nnc(-c3ccccc3)o2)cc1. The van der Waals surface area contributed by atoms with E-state index >= 15 is 0 Å². The fourth-order valence-electron chi connectivity index (χ4n) is 2.07. The third-order valence-corrected chi connectivity index (χ3v) is 3.22. The van der Waals surface area contributed by atoms with Crippen molar-refractivity contribution in [3.8, 4) is 17.2 Å². The Bertz CT molecular complexity index is 797. The van der Waals surface area contributed by atoms with E-state index in [4.69, 9.17) is 13.9 Å². The van der Waals surface area contributed by atoms with Crippen molar-refractivity contribution in [3.05, 3.63) is 66.1 Å². The number of esters is 1. The number of ether oxygens (including phenoxy) is 2. The van der Waals surface area contributed by atoms with Gasteiger partial charge < -0.3 is 13.9 Å². The molecule has 0 aliphatic rings. The highest BCUT2D eigenvalue weighted by Crippen LogP contribution is 2.18. The van der Waals surface area contributed by atoms with E-state index in [1.807, 2.05) is 37.3 Å². The van der Waals surface area contributed by atoms with Crippen LogP contribution in [0.15, 0.2) is 59.0 Å². The first-order valence-corrected chi connectivity index (χ1v) is 7.54. The second kappa shape index (κ2) is 7.41. The molecule has 24 heavy (non-hydrogen) atoms. The Morgan fingerprint density at radius 2 is 1.79 bits per heavy atom. The molecular weight excluding hydrogens is 308 g/mol. The van der Waals surface area contributed by atoms with Crippen molar-refractivity contribution < 1.29 is 18.7 Å². The van der Waals surface area contributed by atoms with Crippen molar-refractivity contribution in [1.29, 1.82) is 0 Å². The summed E-state index contributed by atoms with van der Waals surface area (Å²) in [6, 6.07) is 16.1. The van der Waals surface area contributed by atoms with E-state index in [9.17, 15) is 4.79 Å². The van der Waals surface area contributed by atoms with E-state index in [2.05, 4.69) is 10.2 Å². The summed E-state index contributed by atoms with van der Waals surface area (Å²) in [5.74, 6) is 0.881. The number of rotatable bonds is 6. The Morgan fingerprint density at radius 1 is 1.04 bits per heavy atom. The normalized spacial score (nSPS) is 10.4. The molecule has 0 aliphatic carbocycles. The molecular formula is C18H16N2O4. The van der Waals surface area contributed by atoms with Crippen molar-refractivity contribution in [2.45, 2.75) is 13.5 Å².